The summed E-state index contributed by atoms with van der Waals surface area (Å²) in [5.74, 6) is -1.01. The highest BCUT2D eigenvalue weighted by Gasteiger charge is 2.27. The normalized spacial score (nSPS) is 11.4. The van der Waals surface area contributed by atoms with E-state index in [2.05, 4.69) is 5.32 Å². The van der Waals surface area contributed by atoms with Crippen molar-refractivity contribution in [2.24, 2.45) is 0 Å². The fraction of sp³-hybridized carbons (Fsp3) is 0.263. The van der Waals surface area contributed by atoms with Gasteiger partial charge in [0.05, 0.1) is 6.54 Å². The number of rotatable bonds is 7. The van der Waals surface area contributed by atoms with Crippen LogP contribution < -0.4 is 10.6 Å². The highest BCUT2D eigenvalue weighted by molar-refractivity contribution is 6.30. The molecule has 0 aliphatic heterocycles. The zero-order chi connectivity index (χ0) is 20.7. The van der Waals surface area contributed by atoms with Crippen LogP contribution in [0.4, 0.5) is 18.9 Å². The number of anilines is 1. The van der Waals surface area contributed by atoms with Crippen molar-refractivity contribution in [3.05, 3.63) is 64.7 Å². The zero-order valence-corrected chi connectivity index (χ0v) is 15.8. The number of nitrogens with zero attached hydrogens (tertiary/aromatic N) is 1. The summed E-state index contributed by atoms with van der Waals surface area (Å²) in [5, 5.41) is 5.07. The van der Waals surface area contributed by atoms with E-state index in [1.807, 2.05) is 5.32 Å². The molecule has 28 heavy (non-hydrogen) atoms. The van der Waals surface area contributed by atoms with Crippen LogP contribution in [0.3, 0.4) is 0 Å². The molecule has 0 unspecified atom stereocenters. The molecule has 0 aliphatic carbocycles. The lowest BCUT2D eigenvalue weighted by atomic mass is 10.1. The number of carbonyl (C=O) groups is 2. The van der Waals surface area contributed by atoms with Gasteiger partial charge in [-0.15, -0.1) is 0 Å². The quantitative estimate of drug-likeness (QED) is 0.727. The first-order valence-corrected chi connectivity index (χ1v) is 8.68. The van der Waals surface area contributed by atoms with Gasteiger partial charge in [-0.05, 0) is 42.9 Å². The number of carbonyl (C=O) groups excluding carboxylic acids is 2. The molecule has 150 valence electrons. The SMILES string of the molecule is CN(CC(=O)Nc1cccc(Cl)c1)Cc1ccc(C(=O)NCC(F)(F)F)cc1. The van der Waals surface area contributed by atoms with Crippen molar-refractivity contribution in [3.8, 4) is 0 Å². The fourth-order valence-electron chi connectivity index (χ4n) is 2.42. The first kappa shape index (κ1) is 21.7. The van der Waals surface area contributed by atoms with Crippen molar-refractivity contribution < 1.29 is 22.8 Å². The number of hydrogen-bond donors (Lipinski definition) is 2. The van der Waals surface area contributed by atoms with Gasteiger partial charge in [0.25, 0.3) is 5.91 Å². The van der Waals surface area contributed by atoms with Crippen LogP contribution in [0, 0.1) is 0 Å². The Morgan fingerprint density at radius 3 is 2.39 bits per heavy atom. The van der Waals surface area contributed by atoms with E-state index >= 15 is 0 Å². The topological polar surface area (TPSA) is 61.4 Å². The second-order valence-corrected chi connectivity index (χ2v) is 6.66. The van der Waals surface area contributed by atoms with Crippen LogP contribution in [0.25, 0.3) is 0 Å². The largest absolute Gasteiger partial charge is 0.405 e. The average Bonchev–Trinajstić information content (AvgIpc) is 2.59. The highest BCUT2D eigenvalue weighted by atomic mass is 35.5. The second kappa shape index (κ2) is 9.57. The van der Waals surface area contributed by atoms with Gasteiger partial charge in [0.2, 0.25) is 5.91 Å². The van der Waals surface area contributed by atoms with Crippen LogP contribution in [-0.4, -0.2) is 43.0 Å². The Hall–Kier alpha value is -2.58. The van der Waals surface area contributed by atoms with Gasteiger partial charge in [-0.3, -0.25) is 14.5 Å². The van der Waals surface area contributed by atoms with Crippen molar-refractivity contribution in [1.82, 2.24) is 10.2 Å². The molecule has 0 aliphatic rings. The predicted octanol–water partition coefficient (Wildman–Crippen LogP) is 3.70. The van der Waals surface area contributed by atoms with Gasteiger partial charge >= 0.3 is 6.18 Å². The second-order valence-electron chi connectivity index (χ2n) is 6.23. The van der Waals surface area contributed by atoms with E-state index in [1.165, 1.54) is 12.1 Å². The molecule has 0 saturated heterocycles. The number of amides is 2. The molecule has 0 bridgehead atoms. The minimum Gasteiger partial charge on any atom is -0.343 e. The molecule has 0 saturated carbocycles. The van der Waals surface area contributed by atoms with Crippen LogP contribution in [0.2, 0.25) is 5.02 Å². The molecule has 2 aromatic carbocycles. The molecule has 5 nitrogen and oxygen atoms in total. The molecule has 0 heterocycles. The molecule has 0 fully saturated rings. The van der Waals surface area contributed by atoms with E-state index in [4.69, 9.17) is 11.6 Å². The number of likely N-dealkylation sites (N-methyl/N-ethyl adjacent to an activating group) is 1. The highest BCUT2D eigenvalue weighted by Crippen LogP contribution is 2.15. The third-order valence-electron chi connectivity index (χ3n) is 3.64. The fourth-order valence-corrected chi connectivity index (χ4v) is 2.61. The molecule has 9 heteroatoms. The smallest absolute Gasteiger partial charge is 0.343 e. The molecule has 0 atom stereocenters. The van der Waals surface area contributed by atoms with Crippen LogP contribution in [0.5, 0.6) is 0 Å². The maximum Gasteiger partial charge on any atom is 0.405 e. The lowest BCUT2D eigenvalue weighted by molar-refractivity contribution is -0.123. The Balaban J connectivity index is 1.84. The van der Waals surface area contributed by atoms with E-state index < -0.39 is 18.6 Å². The first-order valence-electron chi connectivity index (χ1n) is 8.30. The van der Waals surface area contributed by atoms with Gasteiger partial charge in [-0.1, -0.05) is 29.8 Å². The standard InChI is InChI=1S/C19H19ClF3N3O2/c1-26(11-17(27)25-16-4-2-3-15(20)9-16)10-13-5-7-14(8-6-13)18(28)24-12-19(21,22)23/h2-9H,10-12H2,1H3,(H,24,28)(H,25,27). The summed E-state index contributed by atoms with van der Waals surface area (Å²) < 4.78 is 36.4. The van der Waals surface area contributed by atoms with Crippen molar-refractivity contribution in [3.63, 3.8) is 0 Å². The van der Waals surface area contributed by atoms with Gasteiger partial charge in [0.15, 0.2) is 0 Å². The third-order valence-corrected chi connectivity index (χ3v) is 3.88. The average molecular weight is 414 g/mol. The predicted molar refractivity (Wildman–Crippen MR) is 101 cm³/mol. The molecule has 0 spiro atoms. The van der Waals surface area contributed by atoms with E-state index in [0.29, 0.717) is 17.3 Å². The Kier molecular flexibility index (Phi) is 7.42. The summed E-state index contributed by atoms with van der Waals surface area (Å²) >= 11 is 5.87. The van der Waals surface area contributed by atoms with Gasteiger partial charge in [-0.2, -0.15) is 13.2 Å². The number of benzene rings is 2. The molecule has 2 rings (SSSR count). The van der Waals surface area contributed by atoms with Crippen LogP contribution in [-0.2, 0) is 11.3 Å². The lowest BCUT2D eigenvalue weighted by Gasteiger charge is -2.17. The number of nitrogens with one attached hydrogen (secondary N) is 2. The third kappa shape index (κ3) is 7.58. The molecular weight excluding hydrogens is 395 g/mol. The Morgan fingerprint density at radius 2 is 1.79 bits per heavy atom. The maximum atomic E-state index is 12.1. The number of hydrogen-bond acceptors (Lipinski definition) is 3. The molecule has 2 amide bonds. The Morgan fingerprint density at radius 1 is 1.11 bits per heavy atom. The van der Waals surface area contributed by atoms with Crippen molar-refractivity contribution in [2.45, 2.75) is 12.7 Å². The summed E-state index contributed by atoms with van der Waals surface area (Å²) in [4.78, 5) is 25.5. The molecule has 0 aromatic heterocycles. The zero-order valence-electron chi connectivity index (χ0n) is 15.0. The molecular formula is C19H19ClF3N3O2. The Labute approximate surface area is 165 Å². The van der Waals surface area contributed by atoms with E-state index in [0.717, 1.165) is 5.56 Å². The Bertz CT molecular complexity index is 826. The first-order chi connectivity index (χ1) is 13.1. The minimum absolute atomic E-state index is 0.125. The van der Waals surface area contributed by atoms with Crippen molar-refractivity contribution in [1.29, 1.82) is 0 Å². The number of halogens is 4. The van der Waals surface area contributed by atoms with Gasteiger partial charge < -0.3 is 10.6 Å². The van der Waals surface area contributed by atoms with Crippen LogP contribution >= 0.6 is 11.6 Å². The van der Waals surface area contributed by atoms with Crippen molar-refractivity contribution >= 4 is 29.1 Å². The summed E-state index contributed by atoms with van der Waals surface area (Å²) in [6, 6.07) is 13.0. The molecule has 0 radical (unpaired) electrons. The lowest BCUT2D eigenvalue weighted by Crippen LogP contribution is -2.33. The van der Waals surface area contributed by atoms with Crippen LogP contribution in [0.15, 0.2) is 48.5 Å². The molecule has 2 N–H and O–H groups in total. The van der Waals surface area contributed by atoms with Gasteiger partial charge in [0.1, 0.15) is 6.54 Å². The van der Waals surface area contributed by atoms with Crippen molar-refractivity contribution in [2.75, 3.05) is 25.5 Å². The van der Waals surface area contributed by atoms with Gasteiger partial charge in [-0.25, -0.2) is 0 Å². The summed E-state index contributed by atoms with van der Waals surface area (Å²) in [7, 11) is 1.75. The van der Waals surface area contributed by atoms with E-state index in [-0.39, 0.29) is 18.0 Å². The molecule has 2 aromatic rings. The summed E-state index contributed by atoms with van der Waals surface area (Å²) in [5.41, 5.74) is 1.54. The van der Waals surface area contributed by atoms with Crippen LogP contribution in [0.1, 0.15) is 15.9 Å². The van der Waals surface area contributed by atoms with E-state index in [1.54, 1.807) is 48.3 Å². The van der Waals surface area contributed by atoms with Gasteiger partial charge in [0, 0.05) is 22.8 Å². The summed E-state index contributed by atoms with van der Waals surface area (Å²) in [6.07, 6.45) is -4.45. The maximum absolute atomic E-state index is 12.1. The summed E-state index contributed by atoms with van der Waals surface area (Å²) in [6.45, 7) is -0.828. The monoisotopic (exact) mass is 413 g/mol. The van der Waals surface area contributed by atoms with E-state index in [9.17, 15) is 22.8 Å². The minimum atomic E-state index is -4.45. The number of alkyl halides is 3.